The summed E-state index contributed by atoms with van der Waals surface area (Å²) in [6.45, 7) is 4.28. The maximum absolute atomic E-state index is 11.9. The number of aryl methyl sites for hydroxylation is 1. The van der Waals surface area contributed by atoms with Gasteiger partial charge in [-0.05, 0) is 43.7 Å². The molecule has 6 heteroatoms. The Hall–Kier alpha value is -1.59. The molecule has 0 fully saturated rings. The van der Waals surface area contributed by atoms with Crippen LogP contribution >= 0.6 is 11.6 Å². The van der Waals surface area contributed by atoms with Crippen LogP contribution in [0.5, 0.6) is 0 Å². The van der Waals surface area contributed by atoms with Crippen molar-refractivity contribution in [1.29, 1.82) is 0 Å². The van der Waals surface area contributed by atoms with Gasteiger partial charge in [0, 0.05) is 10.7 Å². The highest BCUT2D eigenvalue weighted by Gasteiger charge is 2.13. The molecule has 1 rings (SSSR count). The molecule has 0 unspecified atom stereocenters. The number of nitrogens with zero attached hydrogens (tertiary/aromatic N) is 1. The molecule has 0 aliphatic carbocycles. The van der Waals surface area contributed by atoms with E-state index in [0.717, 1.165) is 12.0 Å². The minimum Gasteiger partial charge on any atom is -0.480 e. The third-order valence-corrected chi connectivity index (χ3v) is 2.96. The monoisotopic (exact) mass is 298 g/mol. The van der Waals surface area contributed by atoms with Crippen molar-refractivity contribution in [2.45, 2.75) is 20.3 Å². The van der Waals surface area contributed by atoms with Crippen molar-refractivity contribution in [2.24, 2.45) is 0 Å². The van der Waals surface area contributed by atoms with Gasteiger partial charge >= 0.3 is 5.97 Å². The highest BCUT2D eigenvalue weighted by molar-refractivity contribution is 6.30. The summed E-state index contributed by atoms with van der Waals surface area (Å²) in [6.07, 6.45) is 0.792. The van der Waals surface area contributed by atoms with Crippen LogP contribution in [0.3, 0.4) is 0 Å². The predicted molar refractivity (Wildman–Crippen MR) is 79.2 cm³/mol. The normalized spacial score (nSPS) is 10.6. The number of hydrogen-bond donors (Lipinski definition) is 2. The Morgan fingerprint density at radius 3 is 2.60 bits per heavy atom. The summed E-state index contributed by atoms with van der Waals surface area (Å²) in [5.74, 6) is -1.17. The minimum atomic E-state index is -0.936. The van der Waals surface area contributed by atoms with E-state index in [1.54, 1.807) is 23.1 Å². The maximum Gasteiger partial charge on any atom is 0.317 e. The molecule has 0 atom stereocenters. The molecule has 0 bridgehead atoms. The van der Waals surface area contributed by atoms with Crippen LogP contribution in [0.2, 0.25) is 5.02 Å². The lowest BCUT2D eigenvalue weighted by Crippen LogP contribution is -2.37. The second kappa shape index (κ2) is 7.87. The fraction of sp³-hybridized carbons (Fsp3) is 0.429. The van der Waals surface area contributed by atoms with Crippen LogP contribution in [-0.2, 0) is 9.59 Å². The molecule has 1 amide bonds. The van der Waals surface area contributed by atoms with Crippen LogP contribution in [0.4, 0.5) is 5.69 Å². The molecule has 0 radical (unpaired) electrons. The van der Waals surface area contributed by atoms with Crippen molar-refractivity contribution in [3.63, 3.8) is 0 Å². The van der Waals surface area contributed by atoms with Crippen molar-refractivity contribution in [2.75, 3.05) is 25.0 Å². The van der Waals surface area contributed by atoms with Crippen molar-refractivity contribution < 1.29 is 14.7 Å². The summed E-state index contributed by atoms with van der Waals surface area (Å²) in [5, 5.41) is 12.2. The van der Waals surface area contributed by atoms with Crippen LogP contribution in [0.1, 0.15) is 18.9 Å². The number of benzene rings is 1. The zero-order chi connectivity index (χ0) is 15.1. The second-order valence-corrected chi connectivity index (χ2v) is 5.05. The molecule has 110 valence electrons. The second-order valence-electron chi connectivity index (χ2n) is 4.61. The largest absolute Gasteiger partial charge is 0.480 e. The van der Waals surface area contributed by atoms with Gasteiger partial charge in [-0.15, -0.1) is 0 Å². The summed E-state index contributed by atoms with van der Waals surface area (Å²) < 4.78 is 0. The maximum atomic E-state index is 11.9. The first-order valence-corrected chi connectivity index (χ1v) is 6.80. The highest BCUT2D eigenvalue weighted by Crippen LogP contribution is 2.19. The van der Waals surface area contributed by atoms with E-state index in [-0.39, 0.29) is 19.0 Å². The Bertz CT molecular complexity index is 491. The van der Waals surface area contributed by atoms with Crippen molar-refractivity contribution >= 4 is 29.2 Å². The van der Waals surface area contributed by atoms with Crippen LogP contribution in [-0.4, -0.2) is 41.5 Å². The Morgan fingerprint density at radius 1 is 1.35 bits per heavy atom. The minimum absolute atomic E-state index is 0.0577. The topological polar surface area (TPSA) is 69.6 Å². The molecule has 1 aromatic rings. The number of carboxylic acids is 1. The zero-order valence-corrected chi connectivity index (χ0v) is 12.4. The van der Waals surface area contributed by atoms with Gasteiger partial charge in [0.2, 0.25) is 5.91 Å². The van der Waals surface area contributed by atoms with Gasteiger partial charge in [-0.3, -0.25) is 14.5 Å². The molecule has 1 aromatic carbocycles. The molecule has 0 spiro atoms. The molecular weight excluding hydrogens is 280 g/mol. The number of carbonyl (C=O) groups is 2. The fourth-order valence-corrected chi connectivity index (χ4v) is 2.11. The average molecular weight is 299 g/mol. The standard InChI is InChI=1S/C14H19ClN2O3/c1-3-6-17(9-14(19)20)8-13(18)16-12-5-4-11(15)7-10(12)2/h4-5,7H,3,6,8-9H2,1-2H3,(H,16,18)(H,19,20). The van der Waals surface area contributed by atoms with Gasteiger partial charge in [-0.25, -0.2) is 0 Å². The van der Waals surface area contributed by atoms with Crippen LogP contribution in [0.15, 0.2) is 18.2 Å². The average Bonchev–Trinajstić information content (AvgIpc) is 2.32. The molecule has 5 nitrogen and oxygen atoms in total. The SMILES string of the molecule is CCCN(CC(=O)O)CC(=O)Nc1ccc(Cl)cc1C. The lowest BCUT2D eigenvalue weighted by atomic mass is 10.2. The fourth-order valence-electron chi connectivity index (χ4n) is 1.88. The smallest absolute Gasteiger partial charge is 0.317 e. The quantitative estimate of drug-likeness (QED) is 0.811. The molecule has 0 saturated heterocycles. The molecule has 0 aromatic heterocycles. The van der Waals surface area contributed by atoms with E-state index in [9.17, 15) is 9.59 Å². The Balaban J connectivity index is 2.62. The van der Waals surface area contributed by atoms with Crippen molar-refractivity contribution in [1.82, 2.24) is 4.90 Å². The van der Waals surface area contributed by atoms with Crippen LogP contribution in [0, 0.1) is 6.92 Å². The lowest BCUT2D eigenvalue weighted by molar-refractivity contribution is -0.138. The first kappa shape index (κ1) is 16.5. The summed E-state index contributed by atoms with van der Waals surface area (Å²) in [4.78, 5) is 24.3. The zero-order valence-electron chi connectivity index (χ0n) is 11.6. The van der Waals surface area contributed by atoms with Gasteiger partial charge in [0.1, 0.15) is 0 Å². The van der Waals surface area contributed by atoms with Crippen molar-refractivity contribution in [3.05, 3.63) is 28.8 Å². The molecule has 0 saturated carbocycles. The Labute approximate surface area is 123 Å². The van der Waals surface area contributed by atoms with Gasteiger partial charge in [0.25, 0.3) is 0 Å². The van der Waals surface area contributed by atoms with Gasteiger partial charge in [0.05, 0.1) is 13.1 Å². The summed E-state index contributed by atoms with van der Waals surface area (Å²) in [5.41, 5.74) is 1.55. The molecule has 2 N–H and O–H groups in total. The first-order valence-electron chi connectivity index (χ1n) is 6.42. The van der Waals surface area contributed by atoms with E-state index in [4.69, 9.17) is 16.7 Å². The van der Waals surface area contributed by atoms with Gasteiger partial charge in [0.15, 0.2) is 0 Å². The van der Waals surface area contributed by atoms with E-state index in [2.05, 4.69) is 5.32 Å². The number of anilines is 1. The van der Waals surface area contributed by atoms with Gasteiger partial charge < -0.3 is 10.4 Å². The highest BCUT2D eigenvalue weighted by atomic mass is 35.5. The number of carbonyl (C=O) groups excluding carboxylic acids is 1. The van der Waals surface area contributed by atoms with E-state index in [1.165, 1.54) is 0 Å². The summed E-state index contributed by atoms with van der Waals surface area (Å²) in [6, 6.07) is 5.19. The molecular formula is C14H19ClN2O3. The number of carboxylic acid groups (broad SMARTS) is 1. The van der Waals surface area contributed by atoms with E-state index in [1.807, 2.05) is 13.8 Å². The number of rotatable bonds is 7. The van der Waals surface area contributed by atoms with Gasteiger partial charge in [-0.1, -0.05) is 18.5 Å². The number of nitrogens with one attached hydrogen (secondary N) is 1. The number of aliphatic carboxylic acids is 1. The number of hydrogen-bond acceptors (Lipinski definition) is 3. The lowest BCUT2D eigenvalue weighted by Gasteiger charge is -2.19. The molecule has 0 aliphatic rings. The van der Waals surface area contributed by atoms with Gasteiger partial charge in [-0.2, -0.15) is 0 Å². The van der Waals surface area contributed by atoms with Crippen LogP contribution in [0.25, 0.3) is 0 Å². The Kier molecular flexibility index (Phi) is 6.48. The van der Waals surface area contributed by atoms with E-state index < -0.39 is 5.97 Å². The summed E-state index contributed by atoms with van der Waals surface area (Å²) >= 11 is 5.85. The van der Waals surface area contributed by atoms with Crippen molar-refractivity contribution in [3.8, 4) is 0 Å². The molecule has 0 heterocycles. The molecule has 20 heavy (non-hydrogen) atoms. The Morgan fingerprint density at radius 2 is 2.05 bits per heavy atom. The summed E-state index contributed by atoms with van der Waals surface area (Å²) in [7, 11) is 0. The number of amides is 1. The number of halogens is 1. The third-order valence-electron chi connectivity index (χ3n) is 2.73. The van der Waals surface area contributed by atoms with E-state index in [0.29, 0.717) is 17.3 Å². The molecule has 0 aliphatic heterocycles. The third kappa shape index (κ3) is 5.59. The van der Waals surface area contributed by atoms with E-state index >= 15 is 0 Å². The van der Waals surface area contributed by atoms with Crippen LogP contribution < -0.4 is 5.32 Å². The predicted octanol–water partition coefficient (Wildman–Crippen LogP) is 2.38. The first-order chi connectivity index (χ1) is 9.42.